The molecule has 0 atom stereocenters. The highest BCUT2D eigenvalue weighted by Gasteiger charge is 2.16. The van der Waals surface area contributed by atoms with Crippen LogP contribution in [0.1, 0.15) is 39.3 Å². The van der Waals surface area contributed by atoms with E-state index in [0.717, 1.165) is 18.5 Å². The highest BCUT2D eigenvalue weighted by atomic mass is 16.1. The average Bonchev–Trinajstić information content (AvgIpc) is 2.49. The minimum absolute atomic E-state index is 0.109. The van der Waals surface area contributed by atoms with E-state index in [9.17, 15) is 4.79 Å². The summed E-state index contributed by atoms with van der Waals surface area (Å²) < 4.78 is 0. The fourth-order valence-electron chi connectivity index (χ4n) is 1.42. The molecular formula is C11H20N4O. The normalized spacial score (nSPS) is 11.5. The second kappa shape index (κ2) is 5.12. The lowest BCUT2D eigenvalue weighted by molar-refractivity contribution is -0.117. The predicted molar refractivity (Wildman–Crippen MR) is 64.1 cm³/mol. The van der Waals surface area contributed by atoms with Crippen LogP contribution >= 0.6 is 0 Å². The number of aromatic nitrogens is 2. The van der Waals surface area contributed by atoms with Crippen LogP contribution in [0.4, 0.5) is 5.82 Å². The van der Waals surface area contributed by atoms with Gasteiger partial charge in [-0.1, -0.05) is 13.3 Å². The molecule has 4 N–H and O–H groups in total. The Morgan fingerprint density at radius 1 is 1.62 bits per heavy atom. The number of rotatable bonds is 5. The Kier molecular flexibility index (Phi) is 4.06. The molecule has 90 valence electrons. The first-order chi connectivity index (χ1) is 7.40. The lowest BCUT2D eigenvalue weighted by Crippen LogP contribution is -2.36. The van der Waals surface area contributed by atoms with Gasteiger partial charge in [0.15, 0.2) is 5.82 Å². The van der Waals surface area contributed by atoms with E-state index in [0.29, 0.717) is 5.82 Å². The van der Waals surface area contributed by atoms with Crippen LogP contribution < -0.4 is 11.1 Å². The molecule has 0 fully saturated rings. The number of carbonyl (C=O) groups excluding carboxylic acids is 1. The van der Waals surface area contributed by atoms with E-state index in [4.69, 9.17) is 5.73 Å². The standard InChI is InChI=1S/C11H20N4O/c1-4-5-8-6-9(15-14-8)13-10(16)7-11(2,3)12/h6H,4-5,7,12H2,1-3H3,(H2,13,14,15,16). The minimum Gasteiger partial charge on any atom is -0.325 e. The number of nitrogens with one attached hydrogen (secondary N) is 2. The summed E-state index contributed by atoms with van der Waals surface area (Å²) in [5.41, 5.74) is 6.29. The Bertz CT molecular complexity index is 351. The van der Waals surface area contributed by atoms with E-state index in [2.05, 4.69) is 22.4 Å². The third-order valence-corrected chi connectivity index (χ3v) is 2.03. The van der Waals surface area contributed by atoms with Gasteiger partial charge in [-0.05, 0) is 20.3 Å². The van der Waals surface area contributed by atoms with Gasteiger partial charge in [0.05, 0.1) is 0 Å². The number of carbonyl (C=O) groups is 1. The van der Waals surface area contributed by atoms with Crippen molar-refractivity contribution in [3.8, 4) is 0 Å². The number of aryl methyl sites for hydroxylation is 1. The predicted octanol–water partition coefficient (Wildman–Crippen LogP) is 1.43. The van der Waals surface area contributed by atoms with Crippen LogP contribution in [0.15, 0.2) is 6.07 Å². The quantitative estimate of drug-likeness (QED) is 0.707. The molecule has 5 heteroatoms. The van der Waals surface area contributed by atoms with Gasteiger partial charge in [-0.2, -0.15) is 5.10 Å². The zero-order chi connectivity index (χ0) is 12.2. The smallest absolute Gasteiger partial charge is 0.227 e. The number of hydrogen-bond acceptors (Lipinski definition) is 3. The number of H-pyrrole nitrogens is 1. The number of nitrogens with zero attached hydrogens (tertiary/aromatic N) is 1. The first kappa shape index (κ1) is 12.7. The van der Waals surface area contributed by atoms with Gasteiger partial charge < -0.3 is 11.1 Å². The van der Waals surface area contributed by atoms with E-state index >= 15 is 0 Å². The Balaban J connectivity index is 2.50. The Morgan fingerprint density at radius 2 is 2.31 bits per heavy atom. The van der Waals surface area contributed by atoms with Crippen molar-refractivity contribution in [1.82, 2.24) is 10.2 Å². The molecule has 1 rings (SSSR count). The molecule has 0 aliphatic rings. The summed E-state index contributed by atoms with van der Waals surface area (Å²) in [6, 6.07) is 1.85. The van der Waals surface area contributed by atoms with Crippen molar-refractivity contribution < 1.29 is 4.79 Å². The highest BCUT2D eigenvalue weighted by Crippen LogP contribution is 2.10. The molecule has 0 saturated carbocycles. The molecule has 0 spiro atoms. The minimum atomic E-state index is -0.493. The summed E-state index contributed by atoms with van der Waals surface area (Å²) in [4.78, 5) is 11.6. The van der Waals surface area contributed by atoms with E-state index in [1.807, 2.05) is 19.9 Å². The first-order valence-electron chi connectivity index (χ1n) is 5.54. The molecule has 0 unspecified atom stereocenters. The van der Waals surface area contributed by atoms with Crippen molar-refractivity contribution in [3.63, 3.8) is 0 Å². The molecular weight excluding hydrogens is 204 g/mol. The van der Waals surface area contributed by atoms with Crippen molar-refractivity contribution in [2.45, 2.75) is 45.6 Å². The fourth-order valence-corrected chi connectivity index (χ4v) is 1.42. The maximum absolute atomic E-state index is 11.6. The van der Waals surface area contributed by atoms with Gasteiger partial charge in [-0.3, -0.25) is 9.89 Å². The zero-order valence-electron chi connectivity index (χ0n) is 10.1. The van der Waals surface area contributed by atoms with Crippen LogP contribution in [0.5, 0.6) is 0 Å². The van der Waals surface area contributed by atoms with Crippen molar-refractivity contribution in [3.05, 3.63) is 11.8 Å². The van der Waals surface area contributed by atoms with Crippen LogP contribution in [0.2, 0.25) is 0 Å². The van der Waals surface area contributed by atoms with Crippen LogP contribution in [0.3, 0.4) is 0 Å². The lowest BCUT2D eigenvalue weighted by Gasteiger charge is -2.16. The highest BCUT2D eigenvalue weighted by molar-refractivity contribution is 5.90. The summed E-state index contributed by atoms with van der Waals surface area (Å²) in [6.07, 6.45) is 2.26. The molecule has 5 nitrogen and oxygen atoms in total. The molecule has 1 aromatic heterocycles. The number of anilines is 1. The van der Waals surface area contributed by atoms with Crippen molar-refractivity contribution in [1.29, 1.82) is 0 Å². The first-order valence-corrected chi connectivity index (χ1v) is 5.54. The SMILES string of the molecule is CCCc1cc(NC(=O)CC(C)(C)N)n[nH]1. The van der Waals surface area contributed by atoms with Gasteiger partial charge in [0.25, 0.3) is 0 Å². The van der Waals surface area contributed by atoms with Gasteiger partial charge >= 0.3 is 0 Å². The molecule has 1 amide bonds. The van der Waals surface area contributed by atoms with Crippen LogP contribution in [0.25, 0.3) is 0 Å². The summed E-state index contributed by atoms with van der Waals surface area (Å²) in [6.45, 7) is 5.73. The topological polar surface area (TPSA) is 83.8 Å². The van der Waals surface area contributed by atoms with E-state index in [1.54, 1.807) is 0 Å². The van der Waals surface area contributed by atoms with Crippen LogP contribution in [-0.4, -0.2) is 21.6 Å². The number of aromatic amines is 1. The fraction of sp³-hybridized carbons (Fsp3) is 0.636. The second-order valence-electron chi connectivity index (χ2n) is 4.74. The van der Waals surface area contributed by atoms with Crippen molar-refractivity contribution >= 4 is 11.7 Å². The van der Waals surface area contributed by atoms with Gasteiger partial charge in [0.1, 0.15) is 0 Å². The third kappa shape index (κ3) is 4.44. The molecule has 0 aliphatic heterocycles. The maximum Gasteiger partial charge on any atom is 0.227 e. The van der Waals surface area contributed by atoms with Crippen LogP contribution in [0, 0.1) is 0 Å². The van der Waals surface area contributed by atoms with Gasteiger partial charge in [-0.25, -0.2) is 0 Å². The average molecular weight is 224 g/mol. The molecule has 0 bridgehead atoms. The number of nitrogens with two attached hydrogens (primary N) is 1. The number of hydrogen-bond donors (Lipinski definition) is 3. The van der Waals surface area contributed by atoms with Gasteiger partial charge in [-0.15, -0.1) is 0 Å². The Labute approximate surface area is 95.8 Å². The molecule has 16 heavy (non-hydrogen) atoms. The van der Waals surface area contributed by atoms with E-state index in [1.165, 1.54) is 0 Å². The molecule has 1 heterocycles. The molecule has 0 aromatic carbocycles. The second-order valence-corrected chi connectivity index (χ2v) is 4.74. The number of amides is 1. The largest absolute Gasteiger partial charge is 0.325 e. The molecule has 1 aromatic rings. The summed E-state index contributed by atoms with van der Waals surface area (Å²) in [5.74, 6) is 0.458. The Morgan fingerprint density at radius 3 is 2.88 bits per heavy atom. The zero-order valence-corrected chi connectivity index (χ0v) is 10.1. The summed E-state index contributed by atoms with van der Waals surface area (Å²) in [7, 11) is 0. The molecule has 0 radical (unpaired) electrons. The molecule has 0 saturated heterocycles. The van der Waals surface area contributed by atoms with E-state index in [-0.39, 0.29) is 12.3 Å². The molecule has 0 aliphatic carbocycles. The van der Waals surface area contributed by atoms with Crippen LogP contribution in [-0.2, 0) is 11.2 Å². The summed E-state index contributed by atoms with van der Waals surface area (Å²) in [5, 5.41) is 9.60. The van der Waals surface area contributed by atoms with Crippen molar-refractivity contribution in [2.75, 3.05) is 5.32 Å². The van der Waals surface area contributed by atoms with Crippen molar-refractivity contribution in [2.24, 2.45) is 5.73 Å². The Hall–Kier alpha value is -1.36. The van der Waals surface area contributed by atoms with Gasteiger partial charge in [0, 0.05) is 23.7 Å². The summed E-state index contributed by atoms with van der Waals surface area (Å²) >= 11 is 0. The lowest BCUT2D eigenvalue weighted by atomic mass is 10.0. The maximum atomic E-state index is 11.6. The monoisotopic (exact) mass is 224 g/mol. The third-order valence-electron chi connectivity index (χ3n) is 2.03. The van der Waals surface area contributed by atoms with Gasteiger partial charge in [0.2, 0.25) is 5.91 Å². The van der Waals surface area contributed by atoms with E-state index < -0.39 is 5.54 Å².